The maximum absolute atomic E-state index is 13.4. The van der Waals surface area contributed by atoms with Gasteiger partial charge in [-0.1, -0.05) is 6.07 Å². The zero-order valence-electron chi connectivity index (χ0n) is 11.2. The van der Waals surface area contributed by atoms with E-state index in [1.165, 1.54) is 6.07 Å². The molecule has 0 aliphatic rings. The Bertz CT molecular complexity index is 571. The van der Waals surface area contributed by atoms with Gasteiger partial charge in [-0.2, -0.15) is 5.10 Å². The molecule has 2 rings (SSSR count). The van der Waals surface area contributed by atoms with E-state index in [4.69, 9.17) is 0 Å². The van der Waals surface area contributed by atoms with E-state index in [-0.39, 0.29) is 12.1 Å². The molecule has 2 N–H and O–H groups in total. The normalized spacial score (nSPS) is 12.6. The van der Waals surface area contributed by atoms with Crippen LogP contribution in [0.15, 0.2) is 30.6 Å². The van der Waals surface area contributed by atoms with Crippen LogP contribution in [-0.4, -0.2) is 28.0 Å². The highest BCUT2D eigenvalue weighted by Gasteiger charge is 2.12. The summed E-state index contributed by atoms with van der Waals surface area (Å²) >= 11 is 0. The molecule has 1 unspecified atom stereocenters. The molecule has 0 saturated heterocycles. The van der Waals surface area contributed by atoms with Gasteiger partial charge in [0.25, 0.3) is 0 Å². The maximum atomic E-state index is 13.4. The lowest BCUT2D eigenvalue weighted by Crippen LogP contribution is -2.26. The van der Waals surface area contributed by atoms with Gasteiger partial charge in [-0.15, -0.1) is 0 Å². The second kappa shape index (κ2) is 6.58. The van der Waals surface area contributed by atoms with Crippen molar-refractivity contribution < 1.29 is 13.9 Å². The molecule has 0 fully saturated rings. The minimum absolute atomic E-state index is 0.0915. The number of hydrogen-bond acceptors (Lipinski definition) is 3. The second-order valence-corrected chi connectivity index (χ2v) is 4.67. The summed E-state index contributed by atoms with van der Waals surface area (Å²) in [6.07, 6.45) is 2.68. The lowest BCUT2D eigenvalue weighted by Gasteiger charge is -2.13. The number of rotatable bonds is 6. The van der Waals surface area contributed by atoms with Crippen molar-refractivity contribution in [3.05, 3.63) is 53.4 Å². The molecule has 20 heavy (non-hydrogen) atoms. The Kier molecular flexibility index (Phi) is 4.81. The molecule has 0 radical (unpaired) electrons. The first-order chi connectivity index (χ1) is 9.56. The van der Waals surface area contributed by atoms with E-state index in [1.807, 2.05) is 13.1 Å². The number of halogens is 2. The van der Waals surface area contributed by atoms with Gasteiger partial charge in [-0.25, -0.2) is 8.78 Å². The van der Waals surface area contributed by atoms with Crippen molar-refractivity contribution in [3.8, 4) is 0 Å². The Morgan fingerprint density at radius 1 is 1.40 bits per heavy atom. The summed E-state index contributed by atoms with van der Waals surface area (Å²) < 4.78 is 28.0. The van der Waals surface area contributed by atoms with Gasteiger partial charge in [-0.3, -0.25) is 4.68 Å². The molecule has 6 heteroatoms. The number of aromatic nitrogens is 2. The van der Waals surface area contributed by atoms with Gasteiger partial charge in [-0.05, 0) is 18.6 Å². The lowest BCUT2D eigenvalue weighted by atomic mass is 10.1. The summed E-state index contributed by atoms with van der Waals surface area (Å²) in [6.45, 7) is 3.41. The molecule has 0 bridgehead atoms. The molecule has 0 saturated carbocycles. The SMILES string of the molecule is Cc1cnn(CCNCC(O)c2ccc(F)cc2F)c1. The third kappa shape index (κ3) is 3.85. The van der Waals surface area contributed by atoms with E-state index < -0.39 is 17.7 Å². The van der Waals surface area contributed by atoms with Crippen LogP contribution in [0, 0.1) is 18.6 Å². The van der Waals surface area contributed by atoms with Crippen LogP contribution < -0.4 is 5.32 Å². The third-order valence-corrected chi connectivity index (χ3v) is 2.94. The average Bonchev–Trinajstić information content (AvgIpc) is 2.80. The molecule has 1 aromatic heterocycles. The highest BCUT2D eigenvalue weighted by Crippen LogP contribution is 2.17. The fraction of sp³-hybridized carbons (Fsp3) is 0.357. The van der Waals surface area contributed by atoms with Gasteiger partial charge in [0, 0.05) is 30.9 Å². The first kappa shape index (κ1) is 14.6. The maximum Gasteiger partial charge on any atom is 0.131 e. The van der Waals surface area contributed by atoms with Crippen molar-refractivity contribution >= 4 is 0 Å². The van der Waals surface area contributed by atoms with E-state index in [2.05, 4.69) is 10.4 Å². The van der Waals surface area contributed by atoms with Crippen molar-refractivity contribution in [1.82, 2.24) is 15.1 Å². The molecular formula is C14H17F2N3O. The number of nitrogens with zero attached hydrogens (tertiary/aromatic N) is 2. The zero-order chi connectivity index (χ0) is 14.5. The fourth-order valence-corrected chi connectivity index (χ4v) is 1.90. The minimum Gasteiger partial charge on any atom is -0.387 e. The van der Waals surface area contributed by atoms with Gasteiger partial charge < -0.3 is 10.4 Å². The van der Waals surface area contributed by atoms with E-state index in [1.54, 1.807) is 10.9 Å². The summed E-state index contributed by atoms with van der Waals surface area (Å²) in [5.41, 5.74) is 1.17. The second-order valence-electron chi connectivity index (χ2n) is 4.67. The lowest BCUT2D eigenvalue weighted by molar-refractivity contribution is 0.169. The van der Waals surface area contributed by atoms with Crippen LogP contribution in [0.25, 0.3) is 0 Å². The van der Waals surface area contributed by atoms with Gasteiger partial charge in [0.15, 0.2) is 0 Å². The van der Waals surface area contributed by atoms with E-state index in [9.17, 15) is 13.9 Å². The first-order valence-electron chi connectivity index (χ1n) is 6.39. The van der Waals surface area contributed by atoms with Gasteiger partial charge in [0.05, 0.1) is 18.8 Å². The Morgan fingerprint density at radius 3 is 2.85 bits per heavy atom. The highest BCUT2D eigenvalue weighted by atomic mass is 19.1. The van der Waals surface area contributed by atoms with Crippen LogP contribution in [0.1, 0.15) is 17.2 Å². The Balaban J connectivity index is 1.78. The zero-order valence-corrected chi connectivity index (χ0v) is 11.2. The van der Waals surface area contributed by atoms with E-state index in [0.717, 1.165) is 17.7 Å². The number of aliphatic hydroxyl groups excluding tert-OH is 1. The molecule has 2 aromatic rings. The molecule has 0 amide bonds. The number of nitrogens with one attached hydrogen (secondary N) is 1. The smallest absolute Gasteiger partial charge is 0.131 e. The molecular weight excluding hydrogens is 264 g/mol. The molecule has 1 atom stereocenters. The Labute approximate surface area is 116 Å². The average molecular weight is 281 g/mol. The number of benzene rings is 1. The third-order valence-electron chi connectivity index (χ3n) is 2.94. The van der Waals surface area contributed by atoms with Crippen LogP contribution in [-0.2, 0) is 6.54 Å². The van der Waals surface area contributed by atoms with Gasteiger partial charge in [0.1, 0.15) is 11.6 Å². The largest absolute Gasteiger partial charge is 0.387 e. The van der Waals surface area contributed by atoms with Crippen molar-refractivity contribution in [1.29, 1.82) is 0 Å². The Hall–Kier alpha value is -1.79. The minimum atomic E-state index is -1.00. The van der Waals surface area contributed by atoms with E-state index >= 15 is 0 Å². The molecule has 1 heterocycles. The quantitative estimate of drug-likeness (QED) is 0.794. The van der Waals surface area contributed by atoms with Crippen LogP contribution in [0.5, 0.6) is 0 Å². The van der Waals surface area contributed by atoms with Crippen LogP contribution in [0.4, 0.5) is 8.78 Å². The summed E-state index contributed by atoms with van der Waals surface area (Å²) in [7, 11) is 0. The summed E-state index contributed by atoms with van der Waals surface area (Å²) in [4.78, 5) is 0. The Morgan fingerprint density at radius 2 is 2.20 bits per heavy atom. The fourth-order valence-electron chi connectivity index (χ4n) is 1.90. The number of hydrogen-bond donors (Lipinski definition) is 2. The summed E-state index contributed by atoms with van der Waals surface area (Å²) in [5.74, 6) is -1.39. The predicted molar refractivity (Wildman–Crippen MR) is 71.2 cm³/mol. The van der Waals surface area contributed by atoms with E-state index in [0.29, 0.717) is 13.1 Å². The van der Waals surface area contributed by atoms with Crippen molar-refractivity contribution in [3.63, 3.8) is 0 Å². The van der Waals surface area contributed by atoms with Crippen LogP contribution in [0.2, 0.25) is 0 Å². The molecule has 1 aromatic carbocycles. The summed E-state index contributed by atoms with van der Waals surface area (Å²) in [6, 6.07) is 3.16. The van der Waals surface area contributed by atoms with Crippen molar-refractivity contribution in [2.75, 3.05) is 13.1 Å². The van der Waals surface area contributed by atoms with Crippen LogP contribution >= 0.6 is 0 Å². The highest BCUT2D eigenvalue weighted by molar-refractivity contribution is 5.21. The van der Waals surface area contributed by atoms with Crippen LogP contribution in [0.3, 0.4) is 0 Å². The number of aliphatic hydroxyl groups is 1. The number of aryl methyl sites for hydroxylation is 1. The topological polar surface area (TPSA) is 50.1 Å². The molecule has 4 nitrogen and oxygen atoms in total. The van der Waals surface area contributed by atoms with Crippen molar-refractivity contribution in [2.24, 2.45) is 0 Å². The molecule has 0 aliphatic heterocycles. The standard InChI is InChI=1S/C14H17F2N3O/c1-10-7-18-19(9-10)5-4-17-8-14(20)12-3-2-11(15)6-13(12)16/h2-3,6-7,9,14,17,20H,4-5,8H2,1H3. The monoisotopic (exact) mass is 281 g/mol. The molecule has 0 aliphatic carbocycles. The van der Waals surface area contributed by atoms with Gasteiger partial charge >= 0.3 is 0 Å². The van der Waals surface area contributed by atoms with Crippen molar-refractivity contribution in [2.45, 2.75) is 19.6 Å². The molecule has 108 valence electrons. The summed E-state index contributed by atoms with van der Waals surface area (Å²) in [5, 5.41) is 17.0. The first-order valence-corrected chi connectivity index (χ1v) is 6.39. The van der Waals surface area contributed by atoms with Gasteiger partial charge in [0.2, 0.25) is 0 Å². The molecule has 0 spiro atoms. The predicted octanol–water partition coefficient (Wildman–Crippen LogP) is 1.79.